The van der Waals surface area contributed by atoms with E-state index in [2.05, 4.69) is 31.3 Å². The van der Waals surface area contributed by atoms with Crippen molar-refractivity contribution in [2.24, 2.45) is 0 Å². The van der Waals surface area contributed by atoms with Gasteiger partial charge in [0, 0.05) is 6.42 Å². The fourth-order valence-electron chi connectivity index (χ4n) is 11.7. The van der Waals surface area contributed by atoms with Crippen molar-refractivity contribution in [3.05, 3.63) is 24.3 Å². The summed E-state index contributed by atoms with van der Waals surface area (Å²) >= 11 is 0. The molecule has 3 aliphatic rings. The number of unbranched alkanes of at least 4 members (excludes halogenated alkanes) is 34. The molecule has 3 aliphatic heterocycles. The molecular formula is C66H123NO18. The van der Waals surface area contributed by atoms with Gasteiger partial charge in [0.05, 0.1) is 38.6 Å². The second-order valence-electron chi connectivity index (χ2n) is 24.6. The first-order valence-corrected chi connectivity index (χ1v) is 34.1. The first-order chi connectivity index (χ1) is 41.3. The van der Waals surface area contributed by atoms with E-state index in [1.807, 2.05) is 6.08 Å². The number of hydrogen-bond acceptors (Lipinski definition) is 18. The van der Waals surface area contributed by atoms with Crippen molar-refractivity contribution in [3.63, 3.8) is 0 Å². The zero-order valence-electron chi connectivity index (χ0n) is 52.6. The Labute approximate surface area is 511 Å². The monoisotopic (exact) mass is 1220 g/mol. The Hall–Kier alpha value is -1.73. The lowest BCUT2D eigenvalue weighted by Gasteiger charge is -2.48. The van der Waals surface area contributed by atoms with Crippen LogP contribution in [0.25, 0.3) is 0 Å². The summed E-state index contributed by atoms with van der Waals surface area (Å²) in [6.07, 6.45) is 27.5. The minimum absolute atomic E-state index is 0.239. The highest BCUT2D eigenvalue weighted by molar-refractivity contribution is 5.76. The molecule has 0 bridgehead atoms. The normalized spacial score (nSPS) is 29.1. The molecule has 0 aromatic rings. The second kappa shape index (κ2) is 49.0. The van der Waals surface area contributed by atoms with Crippen molar-refractivity contribution in [1.82, 2.24) is 5.32 Å². The summed E-state index contributed by atoms with van der Waals surface area (Å²) in [6, 6.07) is -0.985. The molecule has 3 saturated heterocycles. The smallest absolute Gasteiger partial charge is 0.220 e. The number of allylic oxidation sites excluding steroid dienone is 3. The van der Waals surface area contributed by atoms with Gasteiger partial charge in [0.15, 0.2) is 18.9 Å². The Bertz CT molecular complexity index is 1640. The Morgan fingerprint density at radius 3 is 1.18 bits per heavy atom. The third-order valence-electron chi connectivity index (χ3n) is 17.3. The van der Waals surface area contributed by atoms with E-state index in [1.54, 1.807) is 6.08 Å². The summed E-state index contributed by atoms with van der Waals surface area (Å²) in [6.45, 7) is 1.72. The summed E-state index contributed by atoms with van der Waals surface area (Å²) in [5, 5.41) is 120. The SMILES string of the molecule is CCCCCCCCCCCCCCCCCCCCCCCC/C=C/CC/C=C/C(O)C(COC1OC(CO)C(OC2OC(CO)C(OC3OC(CO)C(O)C(O)C3O)C(O)C2O)C(O)C1O)NC(=O)CCCCCCCCCCCCCC. The lowest BCUT2D eigenvalue weighted by atomic mass is 9.96. The molecule has 85 heavy (non-hydrogen) atoms. The van der Waals surface area contributed by atoms with Crippen LogP contribution in [0.3, 0.4) is 0 Å². The van der Waals surface area contributed by atoms with Gasteiger partial charge in [0.2, 0.25) is 5.91 Å². The molecule has 19 nitrogen and oxygen atoms in total. The van der Waals surface area contributed by atoms with Gasteiger partial charge in [-0.1, -0.05) is 244 Å². The van der Waals surface area contributed by atoms with Crippen molar-refractivity contribution < 1.29 is 89.4 Å². The fourth-order valence-corrected chi connectivity index (χ4v) is 11.7. The van der Waals surface area contributed by atoms with Crippen LogP contribution >= 0.6 is 0 Å². The Balaban J connectivity index is 1.42. The third kappa shape index (κ3) is 31.7. The number of ether oxygens (including phenoxy) is 6. The number of aliphatic hydroxyl groups excluding tert-OH is 11. The molecule has 17 atom stereocenters. The fraction of sp³-hybridized carbons (Fsp3) is 0.924. The Morgan fingerprint density at radius 2 is 0.753 bits per heavy atom. The lowest BCUT2D eigenvalue weighted by Crippen LogP contribution is -2.66. The lowest BCUT2D eigenvalue weighted by molar-refractivity contribution is -0.379. The van der Waals surface area contributed by atoms with Crippen LogP contribution in [0.1, 0.15) is 258 Å². The highest BCUT2D eigenvalue weighted by atomic mass is 16.8. The molecule has 0 aromatic heterocycles. The predicted molar refractivity (Wildman–Crippen MR) is 328 cm³/mol. The number of rotatable bonds is 52. The zero-order chi connectivity index (χ0) is 61.9. The van der Waals surface area contributed by atoms with Crippen LogP contribution in [0.4, 0.5) is 0 Å². The van der Waals surface area contributed by atoms with E-state index in [0.717, 1.165) is 38.5 Å². The van der Waals surface area contributed by atoms with Crippen molar-refractivity contribution in [2.45, 2.75) is 362 Å². The van der Waals surface area contributed by atoms with Crippen LogP contribution in [0, 0.1) is 0 Å². The van der Waals surface area contributed by atoms with Crippen molar-refractivity contribution in [1.29, 1.82) is 0 Å². The molecule has 1 amide bonds. The molecule has 500 valence electrons. The van der Waals surface area contributed by atoms with Crippen LogP contribution < -0.4 is 5.32 Å². The van der Waals surface area contributed by atoms with Gasteiger partial charge < -0.3 is 89.9 Å². The molecule has 0 spiro atoms. The highest BCUT2D eigenvalue weighted by Crippen LogP contribution is 2.33. The quantitative estimate of drug-likeness (QED) is 0.0201. The van der Waals surface area contributed by atoms with E-state index >= 15 is 0 Å². The van der Waals surface area contributed by atoms with Gasteiger partial charge in [0.25, 0.3) is 0 Å². The molecule has 0 saturated carbocycles. The summed E-state index contributed by atoms with van der Waals surface area (Å²) in [5.74, 6) is -0.284. The molecule has 0 aliphatic carbocycles. The maximum absolute atomic E-state index is 13.3. The van der Waals surface area contributed by atoms with Crippen molar-refractivity contribution >= 4 is 5.91 Å². The topological polar surface area (TPSA) is 307 Å². The van der Waals surface area contributed by atoms with Crippen molar-refractivity contribution in [3.8, 4) is 0 Å². The van der Waals surface area contributed by atoms with E-state index in [9.17, 15) is 61.0 Å². The van der Waals surface area contributed by atoms with E-state index in [1.165, 1.54) is 186 Å². The summed E-state index contributed by atoms with van der Waals surface area (Å²) in [7, 11) is 0. The standard InChI is InChI=1S/C66H123NO18/c1-3-5-7-9-11-13-15-17-18-19-20-21-22-23-24-25-26-27-28-29-30-31-32-33-35-37-39-41-43-50(71)49(67-54(72)44-42-40-38-36-34-16-14-12-10-8-6-4-2)48-80-64-60(78)57(75)62(52(46-69)82-64)85-66-61(79)58(76)63(53(47-70)83-66)84-65-59(77)56(74)55(73)51(45-68)81-65/h33,35,41,43,49-53,55-66,68-71,73-79H,3-32,34,36-40,42,44-48H2,1-2H3,(H,67,72)/b35-33+,43-41+. The van der Waals surface area contributed by atoms with Gasteiger partial charge in [-0.05, 0) is 32.1 Å². The maximum atomic E-state index is 13.3. The number of aliphatic hydroxyl groups is 11. The summed E-state index contributed by atoms with van der Waals surface area (Å²) in [4.78, 5) is 13.3. The third-order valence-corrected chi connectivity index (χ3v) is 17.3. The summed E-state index contributed by atoms with van der Waals surface area (Å²) in [5.41, 5.74) is 0. The molecule has 12 N–H and O–H groups in total. The molecule has 17 unspecified atom stereocenters. The number of hydrogen-bond donors (Lipinski definition) is 12. The molecule has 19 heteroatoms. The average molecular weight is 1220 g/mol. The minimum atomic E-state index is -1.98. The van der Waals surface area contributed by atoms with E-state index in [-0.39, 0.29) is 18.9 Å². The molecule has 3 heterocycles. The van der Waals surface area contributed by atoms with E-state index < -0.39 is 124 Å². The Kier molecular flexibility index (Phi) is 44.7. The van der Waals surface area contributed by atoms with Gasteiger partial charge in [-0.3, -0.25) is 4.79 Å². The van der Waals surface area contributed by atoms with Crippen LogP contribution in [-0.2, 0) is 33.2 Å². The van der Waals surface area contributed by atoms with Gasteiger partial charge in [-0.25, -0.2) is 0 Å². The van der Waals surface area contributed by atoms with Gasteiger partial charge in [-0.15, -0.1) is 0 Å². The average Bonchev–Trinajstić information content (AvgIpc) is 2.05. The number of carbonyl (C=O) groups is 1. The number of amides is 1. The Morgan fingerprint density at radius 1 is 0.412 bits per heavy atom. The van der Waals surface area contributed by atoms with Crippen LogP contribution in [0.2, 0.25) is 0 Å². The van der Waals surface area contributed by atoms with Crippen LogP contribution in [0.15, 0.2) is 24.3 Å². The number of carbonyl (C=O) groups excluding carboxylic acids is 1. The van der Waals surface area contributed by atoms with Crippen LogP contribution in [0.5, 0.6) is 0 Å². The summed E-state index contributed by atoms with van der Waals surface area (Å²) < 4.78 is 34.3. The maximum Gasteiger partial charge on any atom is 0.220 e. The van der Waals surface area contributed by atoms with Gasteiger partial charge in [-0.2, -0.15) is 0 Å². The molecule has 0 radical (unpaired) electrons. The van der Waals surface area contributed by atoms with E-state index in [4.69, 9.17) is 28.4 Å². The predicted octanol–water partition coefficient (Wildman–Crippen LogP) is 8.27. The molecule has 3 fully saturated rings. The first-order valence-electron chi connectivity index (χ1n) is 34.1. The van der Waals surface area contributed by atoms with E-state index in [0.29, 0.717) is 12.8 Å². The van der Waals surface area contributed by atoms with Crippen molar-refractivity contribution in [2.75, 3.05) is 26.4 Å². The molecular weight excluding hydrogens is 1090 g/mol. The number of nitrogens with one attached hydrogen (secondary N) is 1. The first kappa shape index (κ1) is 77.5. The second-order valence-corrected chi connectivity index (χ2v) is 24.6. The molecule has 0 aromatic carbocycles. The highest BCUT2D eigenvalue weighted by Gasteiger charge is 2.53. The van der Waals surface area contributed by atoms with Gasteiger partial charge >= 0.3 is 0 Å². The zero-order valence-corrected chi connectivity index (χ0v) is 52.6. The minimum Gasteiger partial charge on any atom is -0.394 e. The largest absolute Gasteiger partial charge is 0.394 e. The van der Waals surface area contributed by atoms with Crippen LogP contribution in [-0.4, -0.2) is 193 Å². The van der Waals surface area contributed by atoms with Gasteiger partial charge in [0.1, 0.15) is 73.2 Å². The molecule has 3 rings (SSSR count).